The molecule has 2 aromatic rings. The summed E-state index contributed by atoms with van der Waals surface area (Å²) < 4.78 is 39.5. The number of hydrogen-bond acceptors (Lipinski definition) is 5. The Morgan fingerprint density at radius 3 is 2.71 bits per heavy atom. The second-order valence-corrected chi connectivity index (χ2v) is 10.6. The molecule has 8 heteroatoms. The fraction of sp³-hybridized carbons (Fsp3) is 0.478. The van der Waals surface area contributed by atoms with Gasteiger partial charge in [-0.2, -0.15) is 0 Å². The smallest absolute Gasteiger partial charge is 0.241 e. The number of halogens is 1. The molecule has 1 N–H and O–H groups in total. The van der Waals surface area contributed by atoms with E-state index in [1.807, 2.05) is 0 Å². The molecule has 0 radical (unpaired) electrons. The van der Waals surface area contributed by atoms with Crippen LogP contribution in [-0.2, 0) is 22.9 Å². The topological polar surface area (TPSA) is 67.9 Å². The van der Waals surface area contributed by atoms with Crippen LogP contribution in [0.1, 0.15) is 42.0 Å². The van der Waals surface area contributed by atoms with Gasteiger partial charge in [0.2, 0.25) is 10.0 Å². The van der Waals surface area contributed by atoms with Gasteiger partial charge in [-0.1, -0.05) is 12.1 Å². The van der Waals surface area contributed by atoms with Crippen LogP contribution in [0.15, 0.2) is 39.7 Å². The van der Waals surface area contributed by atoms with Crippen molar-refractivity contribution in [3.8, 4) is 11.5 Å². The summed E-state index contributed by atoms with van der Waals surface area (Å²) in [5, 5.41) is 0. The molecule has 1 aliphatic carbocycles. The molecule has 0 saturated carbocycles. The number of ether oxygens (including phenoxy) is 2. The zero-order chi connectivity index (χ0) is 22.0. The number of unbranched alkanes of at least 4 members (excludes halogenated alkanes) is 1. The Bertz CT molecular complexity index is 1060. The van der Waals surface area contributed by atoms with E-state index in [2.05, 4.69) is 31.6 Å². The van der Waals surface area contributed by atoms with Crippen LogP contribution in [0.5, 0.6) is 11.5 Å². The number of rotatable bonds is 9. The van der Waals surface area contributed by atoms with E-state index >= 15 is 0 Å². The molecule has 4 rings (SSSR count). The SMILES string of the molecule is COc1cc2c3c(c1OC)CCC3N(CCCCNS(=O)(=O)c1ccccc1Br)CC2. The molecule has 1 aliphatic heterocycles. The minimum atomic E-state index is -3.49. The summed E-state index contributed by atoms with van der Waals surface area (Å²) in [6.07, 6.45) is 4.87. The normalized spacial score (nSPS) is 18.1. The van der Waals surface area contributed by atoms with E-state index in [1.165, 1.54) is 16.7 Å². The highest BCUT2D eigenvalue weighted by Gasteiger charge is 2.36. The van der Waals surface area contributed by atoms with E-state index in [1.54, 1.807) is 38.5 Å². The molecule has 0 amide bonds. The lowest BCUT2D eigenvalue weighted by atomic mass is 9.92. The second kappa shape index (κ2) is 9.48. The summed E-state index contributed by atoms with van der Waals surface area (Å²) in [7, 11) is -0.0842. The molecule has 2 aromatic carbocycles. The Labute approximate surface area is 193 Å². The summed E-state index contributed by atoms with van der Waals surface area (Å²) in [6.45, 7) is 2.43. The number of methoxy groups -OCH3 is 2. The van der Waals surface area contributed by atoms with Gasteiger partial charge in [-0.05, 0) is 83.9 Å². The molecule has 168 valence electrons. The molecule has 0 fully saturated rings. The summed E-state index contributed by atoms with van der Waals surface area (Å²) in [6, 6.07) is 9.45. The van der Waals surface area contributed by atoms with Gasteiger partial charge in [0, 0.05) is 29.2 Å². The van der Waals surface area contributed by atoms with Gasteiger partial charge in [-0.25, -0.2) is 13.1 Å². The standard InChI is InChI=1S/C23H29BrN2O4S/c1-29-20-15-16-11-14-26(19-10-9-17(22(16)19)23(20)30-2)13-6-5-12-25-31(27,28)21-8-4-3-7-18(21)24/h3-4,7-8,15,19,25H,5-6,9-14H2,1-2H3. The first kappa shape index (κ1) is 22.6. The van der Waals surface area contributed by atoms with Crippen molar-refractivity contribution in [1.82, 2.24) is 9.62 Å². The molecular formula is C23H29BrN2O4S. The van der Waals surface area contributed by atoms with Gasteiger partial charge in [0.25, 0.3) is 0 Å². The van der Waals surface area contributed by atoms with Gasteiger partial charge >= 0.3 is 0 Å². The summed E-state index contributed by atoms with van der Waals surface area (Å²) >= 11 is 3.32. The second-order valence-electron chi connectivity index (χ2n) is 8.04. The number of hydrogen-bond donors (Lipinski definition) is 1. The maximum Gasteiger partial charge on any atom is 0.241 e. The molecule has 0 saturated heterocycles. The van der Waals surface area contributed by atoms with Crippen molar-refractivity contribution < 1.29 is 17.9 Å². The monoisotopic (exact) mass is 508 g/mol. The van der Waals surface area contributed by atoms with Gasteiger partial charge in [-0.15, -0.1) is 0 Å². The zero-order valence-electron chi connectivity index (χ0n) is 18.0. The Morgan fingerprint density at radius 1 is 1.16 bits per heavy atom. The maximum atomic E-state index is 12.5. The first-order valence-electron chi connectivity index (χ1n) is 10.7. The summed E-state index contributed by atoms with van der Waals surface area (Å²) in [4.78, 5) is 2.83. The molecule has 2 aliphatic rings. The Kier molecular flexibility index (Phi) is 6.91. The van der Waals surface area contributed by atoms with E-state index in [0.29, 0.717) is 17.1 Å². The minimum absolute atomic E-state index is 0.283. The zero-order valence-corrected chi connectivity index (χ0v) is 20.4. The van der Waals surface area contributed by atoms with Crippen LogP contribution in [0.4, 0.5) is 0 Å². The third-order valence-electron chi connectivity index (χ3n) is 6.30. The van der Waals surface area contributed by atoms with Crippen molar-refractivity contribution in [2.75, 3.05) is 33.9 Å². The van der Waals surface area contributed by atoms with Crippen LogP contribution in [0.2, 0.25) is 0 Å². The number of benzene rings is 2. The van der Waals surface area contributed by atoms with E-state index in [-0.39, 0.29) is 4.90 Å². The maximum absolute atomic E-state index is 12.5. The Hall–Kier alpha value is -1.61. The molecule has 1 unspecified atom stereocenters. The van der Waals surface area contributed by atoms with Crippen molar-refractivity contribution in [2.24, 2.45) is 0 Å². The first-order chi connectivity index (χ1) is 15.0. The number of nitrogens with zero attached hydrogens (tertiary/aromatic N) is 1. The van der Waals surface area contributed by atoms with E-state index in [0.717, 1.165) is 56.7 Å². The molecular weight excluding hydrogens is 480 g/mol. The molecule has 1 heterocycles. The van der Waals surface area contributed by atoms with Gasteiger partial charge in [0.1, 0.15) is 0 Å². The largest absolute Gasteiger partial charge is 0.493 e. The highest BCUT2D eigenvalue weighted by Crippen LogP contribution is 2.48. The van der Waals surface area contributed by atoms with E-state index in [9.17, 15) is 8.42 Å². The third kappa shape index (κ3) is 4.49. The van der Waals surface area contributed by atoms with Crippen LogP contribution in [0.25, 0.3) is 0 Å². The van der Waals surface area contributed by atoms with Gasteiger partial charge in [-0.3, -0.25) is 4.90 Å². The Morgan fingerprint density at radius 2 is 1.97 bits per heavy atom. The summed E-state index contributed by atoms with van der Waals surface area (Å²) in [5.74, 6) is 1.72. The van der Waals surface area contributed by atoms with Crippen LogP contribution >= 0.6 is 15.9 Å². The first-order valence-corrected chi connectivity index (χ1v) is 13.0. The van der Waals surface area contributed by atoms with Crippen LogP contribution in [0, 0.1) is 0 Å². The third-order valence-corrected chi connectivity index (χ3v) is 8.77. The van der Waals surface area contributed by atoms with Crippen molar-refractivity contribution in [3.63, 3.8) is 0 Å². The quantitative estimate of drug-likeness (QED) is 0.517. The van der Waals surface area contributed by atoms with E-state index in [4.69, 9.17) is 9.47 Å². The number of sulfonamides is 1. The van der Waals surface area contributed by atoms with Crippen molar-refractivity contribution in [2.45, 2.75) is 43.0 Å². The highest BCUT2D eigenvalue weighted by atomic mass is 79.9. The van der Waals surface area contributed by atoms with Crippen molar-refractivity contribution in [1.29, 1.82) is 0 Å². The molecule has 6 nitrogen and oxygen atoms in total. The van der Waals surface area contributed by atoms with Crippen molar-refractivity contribution in [3.05, 3.63) is 51.5 Å². The predicted octanol–water partition coefficient (Wildman–Crippen LogP) is 4.07. The molecule has 31 heavy (non-hydrogen) atoms. The van der Waals surface area contributed by atoms with Crippen LogP contribution in [0.3, 0.4) is 0 Å². The average Bonchev–Trinajstić information content (AvgIpc) is 3.21. The average molecular weight is 509 g/mol. The molecule has 0 spiro atoms. The minimum Gasteiger partial charge on any atom is -0.493 e. The van der Waals surface area contributed by atoms with Gasteiger partial charge in [0.05, 0.1) is 19.1 Å². The van der Waals surface area contributed by atoms with Gasteiger partial charge in [0.15, 0.2) is 11.5 Å². The van der Waals surface area contributed by atoms with Crippen LogP contribution in [-0.4, -0.2) is 47.2 Å². The van der Waals surface area contributed by atoms with E-state index < -0.39 is 10.0 Å². The lowest BCUT2D eigenvalue weighted by molar-refractivity contribution is 0.182. The number of nitrogens with one attached hydrogen (secondary N) is 1. The fourth-order valence-electron chi connectivity index (χ4n) is 4.88. The molecule has 0 aromatic heterocycles. The van der Waals surface area contributed by atoms with Crippen molar-refractivity contribution >= 4 is 26.0 Å². The summed E-state index contributed by atoms with van der Waals surface area (Å²) in [5.41, 5.74) is 4.11. The lowest BCUT2D eigenvalue weighted by Gasteiger charge is -2.35. The Balaban J connectivity index is 1.34. The molecule has 1 atom stereocenters. The fourth-order valence-corrected chi connectivity index (χ4v) is 6.95. The predicted molar refractivity (Wildman–Crippen MR) is 124 cm³/mol. The highest BCUT2D eigenvalue weighted by molar-refractivity contribution is 9.10. The molecule has 0 bridgehead atoms. The van der Waals surface area contributed by atoms with Crippen LogP contribution < -0.4 is 14.2 Å². The lowest BCUT2D eigenvalue weighted by Crippen LogP contribution is -2.35. The van der Waals surface area contributed by atoms with Gasteiger partial charge < -0.3 is 9.47 Å².